The molecule has 10 heteroatoms. The van der Waals surface area contributed by atoms with Gasteiger partial charge in [-0.25, -0.2) is 4.79 Å². The number of benzene rings is 1. The van der Waals surface area contributed by atoms with E-state index in [9.17, 15) is 24.0 Å². The molecule has 0 bridgehead atoms. The number of rotatable bonds is 12. The van der Waals surface area contributed by atoms with Gasteiger partial charge in [0.05, 0.1) is 6.04 Å². The number of nitrogens with two attached hydrogens (primary N) is 1. The number of likely N-dealkylation sites (tertiary alicyclic amines) is 1. The van der Waals surface area contributed by atoms with Crippen molar-refractivity contribution in [1.29, 1.82) is 0 Å². The zero-order valence-corrected chi connectivity index (χ0v) is 19.7. The van der Waals surface area contributed by atoms with Crippen molar-refractivity contribution in [3.05, 3.63) is 35.9 Å². The van der Waals surface area contributed by atoms with E-state index in [2.05, 4.69) is 10.6 Å². The fraction of sp³-hybridized carbons (Fsp3) is 0.542. The number of unbranched alkanes of at least 4 members (excludes halogenated alkanes) is 1. The molecule has 186 valence electrons. The van der Waals surface area contributed by atoms with Crippen molar-refractivity contribution in [2.24, 2.45) is 11.7 Å². The second kappa shape index (κ2) is 13.3. The molecule has 4 N–H and O–H groups in total. The maximum atomic E-state index is 12.8. The molecule has 0 aliphatic carbocycles. The van der Waals surface area contributed by atoms with Gasteiger partial charge < -0.3 is 26.0 Å². The second-order valence-electron chi connectivity index (χ2n) is 8.53. The molecule has 1 unspecified atom stereocenters. The smallest absolute Gasteiger partial charge is 0.407 e. The van der Waals surface area contributed by atoms with Crippen molar-refractivity contribution < 1.29 is 28.7 Å². The molecule has 1 aromatic carbocycles. The number of nitrogens with one attached hydrogen (secondary N) is 2. The fourth-order valence-electron chi connectivity index (χ4n) is 3.92. The third-order valence-electron chi connectivity index (χ3n) is 5.71. The lowest BCUT2D eigenvalue weighted by Crippen LogP contribution is -2.52. The van der Waals surface area contributed by atoms with E-state index in [1.54, 1.807) is 6.92 Å². The lowest BCUT2D eigenvalue weighted by atomic mass is 10.0. The number of hydrogen-bond donors (Lipinski definition) is 3. The lowest BCUT2D eigenvalue weighted by molar-refractivity contribution is -0.141. The Bertz CT molecular complexity index is 875. The largest absolute Gasteiger partial charge is 0.445 e. The normalized spacial score (nSPS) is 18.1. The quantitative estimate of drug-likeness (QED) is 0.307. The van der Waals surface area contributed by atoms with Crippen LogP contribution in [-0.4, -0.2) is 59.7 Å². The monoisotopic (exact) mass is 474 g/mol. The molecular formula is C24H34N4O6. The van der Waals surface area contributed by atoms with E-state index in [1.807, 2.05) is 37.3 Å². The summed E-state index contributed by atoms with van der Waals surface area (Å²) in [4.78, 5) is 62.1. The predicted octanol–water partition coefficient (Wildman–Crippen LogP) is 1.27. The van der Waals surface area contributed by atoms with Crippen LogP contribution in [0.2, 0.25) is 0 Å². The van der Waals surface area contributed by atoms with Crippen LogP contribution in [0.3, 0.4) is 0 Å². The van der Waals surface area contributed by atoms with Gasteiger partial charge in [-0.3, -0.25) is 19.2 Å². The Labute approximate surface area is 199 Å². The summed E-state index contributed by atoms with van der Waals surface area (Å²) >= 11 is 0. The fourth-order valence-corrected chi connectivity index (χ4v) is 3.92. The van der Waals surface area contributed by atoms with Crippen LogP contribution in [0.1, 0.15) is 51.5 Å². The molecule has 1 saturated heterocycles. The SMILES string of the molecule is CCC(=O)N1C[C@@H](C)C[C@H]1C(=O)NC(CCCCNC(=O)OCc1ccccc1)C(=O)C(N)=O. The van der Waals surface area contributed by atoms with Crippen LogP contribution in [0.4, 0.5) is 4.79 Å². The highest BCUT2D eigenvalue weighted by Crippen LogP contribution is 2.24. The van der Waals surface area contributed by atoms with Gasteiger partial charge in [0, 0.05) is 19.5 Å². The van der Waals surface area contributed by atoms with E-state index in [-0.39, 0.29) is 31.3 Å². The zero-order chi connectivity index (χ0) is 25.1. The highest BCUT2D eigenvalue weighted by molar-refractivity contribution is 6.37. The Morgan fingerprint density at radius 2 is 1.85 bits per heavy atom. The van der Waals surface area contributed by atoms with Crippen LogP contribution in [0.15, 0.2) is 30.3 Å². The molecule has 2 rings (SSSR count). The molecule has 10 nitrogen and oxygen atoms in total. The molecule has 0 spiro atoms. The Balaban J connectivity index is 1.80. The molecule has 1 aromatic rings. The number of Topliss-reactive ketones (excluding diaryl/α,β-unsaturated/α-hetero) is 1. The molecule has 0 radical (unpaired) electrons. The van der Waals surface area contributed by atoms with Crippen molar-refractivity contribution in [1.82, 2.24) is 15.5 Å². The molecule has 1 aliphatic rings. The van der Waals surface area contributed by atoms with Gasteiger partial charge in [-0.2, -0.15) is 0 Å². The van der Waals surface area contributed by atoms with E-state index in [1.165, 1.54) is 4.90 Å². The minimum Gasteiger partial charge on any atom is -0.445 e. The first-order chi connectivity index (χ1) is 16.2. The summed E-state index contributed by atoms with van der Waals surface area (Å²) in [6.45, 7) is 4.62. The van der Waals surface area contributed by atoms with Crippen LogP contribution >= 0.6 is 0 Å². The number of hydrogen-bond acceptors (Lipinski definition) is 6. The molecule has 0 aromatic heterocycles. The Kier molecular flexibility index (Phi) is 10.5. The minimum atomic E-state index is -1.13. The number of ketones is 1. The van der Waals surface area contributed by atoms with Gasteiger partial charge in [-0.15, -0.1) is 0 Å². The molecule has 1 heterocycles. The molecule has 1 fully saturated rings. The topological polar surface area (TPSA) is 148 Å². The summed E-state index contributed by atoms with van der Waals surface area (Å²) in [5.41, 5.74) is 6.03. The van der Waals surface area contributed by atoms with Gasteiger partial charge in [0.15, 0.2) is 0 Å². The standard InChI is InChI=1S/C24H34N4O6/c1-3-20(29)28-14-16(2)13-19(28)23(32)27-18(21(30)22(25)31)11-7-8-12-26-24(33)34-15-17-9-5-4-6-10-17/h4-6,9-10,16,18-19H,3,7-8,11-15H2,1-2H3,(H2,25,31)(H,26,33)(H,27,32)/t16-,18?,19-/m0/s1. The molecule has 1 aliphatic heterocycles. The van der Waals surface area contributed by atoms with E-state index < -0.39 is 35.8 Å². The van der Waals surface area contributed by atoms with Crippen molar-refractivity contribution in [3.63, 3.8) is 0 Å². The van der Waals surface area contributed by atoms with Gasteiger partial charge >= 0.3 is 6.09 Å². The van der Waals surface area contributed by atoms with Gasteiger partial charge in [0.2, 0.25) is 17.6 Å². The number of carbonyl (C=O) groups excluding carboxylic acids is 5. The van der Waals surface area contributed by atoms with Crippen molar-refractivity contribution in [2.45, 2.75) is 64.6 Å². The maximum Gasteiger partial charge on any atom is 0.407 e. The van der Waals surface area contributed by atoms with Crippen LogP contribution < -0.4 is 16.4 Å². The van der Waals surface area contributed by atoms with Crippen molar-refractivity contribution in [2.75, 3.05) is 13.1 Å². The molecule has 34 heavy (non-hydrogen) atoms. The molecule has 3 atom stereocenters. The average Bonchev–Trinajstić information content (AvgIpc) is 3.23. The number of primary amides is 1. The van der Waals surface area contributed by atoms with Crippen LogP contribution in [-0.2, 0) is 30.5 Å². The third-order valence-corrected chi connectivity index (χ3v) is 5.71. The number of alkyl carbamates (subject to hydrolysis) is 1. The van der Waals surface area contributed by atoms with E-state index >= 15 is 0 Å². The highest BCUT2D eigenvalue weighted by Gasteiger charge is 2.38. The van der Waals surface area contributed by atoms with Crippen molar-refractivity contribution in [3.8, 4) is 0 Å². The first kappa shape index (κ1) is 26.8. The zero-order valence-electron chi connectivity index (χ0n) is 19.7. The summed E-state index contributed by atoms with van der Waals surface area (Å²) in [7, 11) is 0. The van der Waals surface area contributed by atoms with Crippen molar-refractivity contribution >= 4 is 29.6 Å². The summed E-state index contributed by atoms with van der Waals surface area (Å²) in [6, 6.07) is 7.52. The average molecular weight is 475 g/mol. The van der Waals surface area contributed by atoms with Gasteiger partial charge in [0.1, 0.15) is 12.6 Å². The van der Waals surface area contributed by atoms with E-state index in [0.29, 0.717) is 32.4 Å². The Morgan fingerprint density at radius 1 is 1.15 bits per heavy atom. The number of nitrogens with zero attached hydrogens (tertiary/aromatic N) is 1. The summed E-state index contributed by atoms with van der Waals surface area (Å²) in [5, 5.41) is 5.24. The number of ether oxygens (including phenoxy) is 1. The Morgan fingerprint density at radius 3 is 2.50 bits per heavy atom. The number of amides is 4. The highest BCUT2D eigenvalue weighted by atomic mass is 16.5. The minimum absolute atomic E-state index is 0.132. The summed E-state index contributed by atoms with van der Waals surface area (Å²) in [5.74, 6) is -2.46. The Hall–Kier alpha value is -3.43. The lowest BCUT2D eigenvalue weighted by Gasteiger charge is -2.25. The van der Waals surface area contributed by atoms with Crippen LogP contribution in [0.5, 0.6) is 0 Å². The van der Waals surface area contributed by atoms with Gasteiger partial charge in [-0.05, 0) is 37.2 Å². The summed E-state index contributed by atoms with van der Waals surface area (Å²) < 4.78 is 5.13. The number of carbonyl (C=O) groups is 5. The molecule has 0 saturated carbocycles. The maximum absolute atomic E-state index is 12.8. The third kappa shape index (κ3) is 8.17. The molecule has 4 amide bonds. The second-order valence-corrected chi connectivity index (χ2v) is 8.53. The van der Waals surface area contributed by atoms with E-state index in [4.69, 9.17) is 10.5 Å². The van der Waals surface area contributed by atoms with E-state index in [0.717, 1.165) is 5.56 Å². The molecular weight excluding hydrogens is 440 g/mol. The first-order valence-electron chi connectivity index (χ1n) is 11.6. The van der Waals surface area contributed by atoms with Gasteiger partial charge in [0.25, 0.3) is 5.91 Å². The first-order valence-corrected chi connectivity index (χ1v) is 11.6. The predicted molar refractivity (Wildman–Crippen MR) is 124 cm³/mol. The summed E-state index contributed by atoms with van der Waals surface area (Å²) in [6.07, 6.45) is 1.34. The van der Waals surface area contributed by atoms with Crippen LogP contribution in [0.25, 0.3) is 0 Å². The van der Waals surface area contributed by atoms with Crippen LogP contribution in [0, 0.1) is 5.92 Å². The van der Waals surface area contributed by atoms with Gasteiger partial charge in [-0.1, -0.05) is 44.2 Å².